The quantitative estimate of drug-likeness (QED) is 0.356. The maximum Gasteiger partial charge on any atom is 0.126 e. The minimum atomic E-state index is 0.0418. The Balaban J connectivity index is 1.25. The second-order valence-corrected chi connectivity index (χ2v) is 11.2. The second-order valence-electron chi connectivity index (χ2n) is 11.2. The number of hydrogen-bond donors (Lipinski definition) is 0. The molecule has 0 nitrogen and oxygen atoms in total. The average Bonchev–Trinajstić information content (AvgIpc) is 2.83. The summed E-state index contributed by atoms with van der Waals surface area (Å²) in [6.45, 7) is 5.96. The molecule has 0 heterocycles. The third-order valence-corrected chi connectivity index (χ3v) is 9.32. The lowest BCUT2D eigenvalue weighted by Gasteiger charge is -2.45. The molecule has 0 radical (unpaired) electrons. The zero-order valence-corrected chi connectivity index (χ0v) is 20.4. The van der Waals surface area contributed by atoms with Gasteiger partial charge >= 0.3 is 0 Å². The number of rotatable bonds is 8. The highest BCUT2D eigenvalue weighted by Gasteiger charge is 2.38. The van der Waals surface area contributed by atoms with Gasteiger partial charge in [-0.2, -0.15) is 0 Å². The first kappa shape index (κ1) is 23.8. The molecule has 1 heteroatoms. The van der Waals surface area contributed by atoms with Gasteiger partial charge in [-0.25, -0.2) is 4.39 Å². The lowest BCUT2D eigenvalue weighted by molar-refractivity contribution is 0.0620. The van der Waals surface area contributed by atoms with E-state index in [4.69, 9.17) is 0 Å². The predicted molar refractivity (Wildman–Crippen MR) is 135 cm³/mol. The third kappa shape index (κ3) is 5.95. The second kappa shape index (κ2) is 11.7. The fourth-order valence-electron chi connectivity index (χ4n) is 7.44. The summed E-state index contributed by atoms with van der Waals surface area (Å²) < 4.78 is 14.9. The molecule has 3 aliphatic rings. The van der Waals surface area contributed by atoms with Crippen molar-refractivity contribution in [1.82, 2.24) is 0 Å². The van der Waals surface area contributed by atoms with Crippen LogP contribution in [0.3, 0.4) is 0 Å². The summed E-state index contributed by atoms with van der Waals surface area (Å²) in [5.41, 5.74) is 2.12. The van der Waals surface area contributed by atoms with Gasteiger partial charge in [0.15, 0.2) is 0 Å². The van der Waals surface area contributed by atoms with E-state index in [0.29, 0.717) is 5.92 Å². The van der Waals surface area contributed by atoms with Crippen molar-refractivity contribution < 1.29 is 4.39 Å². The number of aryl methyl sites for hydroxylation is 1. The van der Waals surface area contributed by atoms with Crippen molar-refractivity contribution in [2.24, 2.45) is 29.6 Å². The van der Waals surface area contributed by atoms with Gasteiger partial charge in [-0.05, 0) is 143 Å². The molecule has 1 aromatic rings. The van der Waals surface area contributed by atoms with Crippen molar-refractivity contribution in [3.8, 4) is 0 Å². The average molecular weight is 437 g/mol. The number of allylic oxidation sites excluding steroid dienone is 3. The van der Waals surface area contributed by atoms with Gasteiger partial charge in [0.1, 0.15) is 5.82 Å². The Morgan fingerprint density at radius 1 is 0.875 bits per heavy atom. The summed E-state index contributed by atoms with van der Waals surface area (Å²) >= 11 is 0. The minimum Gasteiger partial charge on any atom is -0.207 e. The molecule has 0 N–H and O–H groups in total. The van der Waals surface area contributed by atoms with Crippen LogP contribution in [0.5, 0.6) is 0 Å². The molecular weight excluding hydrogens is 391 g/mol. The van der Waals surface area contributed by atoms with Crippen LogP contribution in [0.25, 0.3) is 0 Å². The number of hydrogen-bond acceptors (Lipinski definition) is 0. The van der Waals surface area contributed by atoms with Crippen molar-refractivity contribution in [3.63, 3.8) is 0 Å². The van der Waals surface area contributed by atoms with E-state index in [1.807, 2.05) is 6.92 Å². The Labute approximate surface area is 196 Å². The van der Waals surface area contributed by atoms with E-state index in [0.717, 1.165) is 53.6 Å². The van der Waals surface area contributed by atoms with E-state index < -0.39 is 0 Å². The summed E-state index contributed by atoms with van der Waals surface area (Å²) in [5.74, 6) is 5.29. The smallest absolute Gasteiger partial charge is 0.126 e. The van der Waals surface area contributed by atoms with Crippen LogP contribution in [0.2, 0.25) is 0 Å². The number of benzene rings is 1. The molecule has 32 heavy (non-hydrogen) atoms. The molecule has 176 valence electrons. The molecule has 0 aromatic heterocycles. The molecule has 0 amide bonds. The SMILES string of the molecule is C=CCCC1CCC2CC(C3CCC(c4ccc(CC/C=C/C)cc4F)CC3)CCC2C1. The van der Waals surface area contributed by atoms with Gasteiger partial charge in [0.2, 0.25) is 0 Å². The van der Waals surface area contributed by atoms with Gasteiger partial charge in [-0.15, -0.1) is 6.58 Å². The van der Waals surface area contributed by atoms with Crippen LogP contribution in [0, 0.1) is 35.4 Å². The summed E-state index contributed by atoms with van der Waals surface area (Å²) in [6.07, 6.45) is 24.7. The fourth-order valence-corrected chi connectivity index (χ4v) is 7.44. The van der Waals surface area contributed by atoms with Gasteiger partial charge < -0.3 is 0 Å². The summed E-state index contributed by atoms with van der Waals surface area (Å²) in [6, 6.07) is 6.07. The van der Waals surface area contributed by atoms with Crippen LogP contribution >= 0.6 is 0 Å². The zero-order chi connectivity index (χ0) is 22.3. The molecule has 0 bridgehead atoms. The highest BCUT2D eigenvalue weighted by molar-refractivity contribution is 5.28. The van der Waals surface area contributed by atoms with E-state index in [2.05, 4.69) is 36.9 Å². The van der Waals surface area contributed by atoms with Crippen LogP contribution in [0.4, 0.5) is 4.39 Å². The van der Waals surface area contributed by atoms with Crippen LogP contribution < -0.4 is 0 Å². The first-order valence-electron chi connectivity index (χ1n) is 13.7. The van der Waals surface area contributed by atoms with Crippen LogP contribution in [0.1, 0.15) is 107 Å². The van der Waals surface area contributed by atoms with E-state index >= 15 is 0 Å². The van der Waals surface area contributed by atoms with Crippen LogP contribution in [-0.4, -0.2) is 0 Å². The third-order valence-electron chi connectivity index (χ3n) is 9.32. The molecule has 0 spiro atoms. The van der Waals surface area contributed by atoms with Crippen molar-refractivity contribution >= 4 is 0 Å². The van der Waals surface area contributed by atoms with Crippen molar-refractivity contribution in [1.29, 1.82) is 0 Å². The maximum absolute atomic E-state index is 14.9. The van der Waals surface area contributed by atoms with Crippen molar-refractivity contribution in [2.45, 2.75) is 103 Å². The minimum absolute atomic E-state index is 0.0418. The predicted octanol–water partition coefficient (Wildman–Crippen LogP) is 9.41. The van der Waals surface area contributed by atoms with Crippen LogP contribution in [0.15, 0.2) is 43.0 Å². The highest BCUT2D eigenvalue weighted by atomic mass is 19.1. The van der Waals surface area contributed by atoms with Gasteiger partial charge in [0, 0.05) is 0 Å². The lowest BCUT2D eigenvalue weighted by Crippen LogP contribution is -2.34. The molecule has 4 unspecified atom stereocenters. The van der Waals surface area contributed by atoms with E-state index in [1.165, 1.54) is 77.0 Å². The fraction of sp³-hybridized carbons (Fsp3) is 0.677. The number of fused-ring (bicyclic) bond motifs is 1. The topological polar surface area (TPSA) is 0 Å². The molecule has 4 rings (SSSR count). The zero-order valence-electron chi connectivity index (χ0n) is 20.4. The number of halogens is 1. The maximum atomic E-state index is 14.9. The van der Waals surface area contributed by atoms with Crippen LogP contribution in [-0.2, 0) is 6.42 Å². The van der Waals surface area contributed by atoms with Gasteiger partial charge in [-0.3, -0.25) is 0 Å². The normalized spacial score (nSPS) is 33.2. The van der Waals surface area contributed by atoms with E-state index in [1.54, 1.807) is 6.07 Å². The molecule has 1 aromatic carbocycles. The Hall–Kier alpha value is -1.37. The van der Waals surface area contributed by atoms with Crippen molar-refractivity contribution in [2.75, 3.05) is 0 Å². The molecule has 0 saturated heterocycles. The standard InChI is InChI=1S/C31H45F/c1-3-5-7-9-24-11-19-30(31(32)21-24)26-15-13-25(14-16-26)28-18-17-27-20-23(8-6-4-2)10-12-29(27)22-28/h3-5,11,19,21,23,25-29H,2,6-10,12-18,20,22H2,1H3/b5-3+. The first-order chi connectivity index (χ1) is 15.7. The molecule has 3 aliphatic carbocycles. The van der Waals surface area contributed by atoms with Gasteiger partial charge in [-0.1, -0.05) is 36.8 Å². The molecule has 3 saturated carbocycles. The van der Waals surface area contributed by atoms with E-state index in [9.17, 15) is 4.39 Å². The first-order valence-corrected chi connectivity index (χ1v) is 13.7. The van der Waals surface area contributed by atoms with Crippen molar-refractivity contribution in [3.05, 3.63) is 60.0 Å². The molecule has 4 atom stereocenters. The Kier molecular flexibility index (Phi) is 8.67. The molecule has 3 fully saturated rings. The lowest BCUT2D eigenvalue weighted by atomic mass is 9.60. The van der Waals surface area contributed by atoms with Gasteiger partial charge in [0.05, 0.1) is 0 Å². The van der Waals surface area contributed by atoms with Gasteiger partial charge in [0.25, 0.3) is 0 Å². The molecular formula is C31H45F. The Morgan fingerprint density at radius 3 is 2.28 bits per heavy atom. The largest absolute Gasteiger partial charge is 0.207 e. The highest BCUT2D eigenvalue weighted by Crippen LogP contribution is 2.50. The Morgan fingerprint density at radius 2 is 1.56 bits per heavy atom. The Bertz CT molecular complexity index is 754. The monoisotopic (exact) mass is 436 g/mol. The molecule has 0 aliphatic heterocycles. The summed E-state index contributed by atoms with van der Waals surface area (Å²) in [5, 5.41) is 0. The summed E-state index contributed by atoms with van der Waals surface area (Å²) in [7, 11) is 0. The summed E-state index contributed by atoms with van der Waals surface area (Å²) in [4.78, 5) is 0. The van der Waals surface area contributed by atoms with E-state index in [-0.39, 0.29) is 5.82 Å².